The molecule has 2 aromatic rings. The van der Waals surface area contributed by atoms with Crippen LogP contribution in [-0.4, -0.2) is 23.5 Å². The van der Waals surface area contributed by atoms with E-state index in [9.17, 15) is 14.7 Å². The largest absolute Gasteiger partial charge is 0.507 e. The fraction of sp³-hybridized carbons (Fsp3) is 0.118. The molecule has 0 aromatic heterocycles. The van der Waals surface area contributed by atoms with Gasteiger partial charge in [-0.3, -0.25) is 4.79 Å². The van der Waals surface area contributed by atoms with Crippen LogP contribution in [0.4, 0.5) is 0 Å². The van der Waals surface area contributed by atoms with Crippen molar-refractivity contribution < 1.29 is 19.4 Å². The second-order valence-electron chi connectivity index (χ2n) is 4.89. The molecule has 0 amide bonds. The van der Waals surface area contributed by atoms with E-state index in [0.29, 0.717) is 0 Å². The van der Waals surface area contributed by atoms with Gasteiger partial charge in [0.25, 0.3) is 0 Å². The van der Waals surface area contributed by atoms with Gasteiger partial charge in [0.1, 0.15) is 23.0 Å². The summed E-state index contributed by atoms with van der Waals surface area (Å²) in [5.74, 6) is -1.79. The average molecular weight is 310 g/mol. The number of ketones is 1. The first-order chi connectivity index (χ1) is 10.9. The van der Waals surface area contributed by atoms with E-state index in [1.54, 1.807) is 24.3 Å². The maximum absolute atomic E-state index is 12.0. The molecule has 2 aromatic carbocycles. The molecule has 0 saturated heterocycles. The Morgan fingerprint density at radius 2 is 1.87 bits per heavy atom. The summed E-state index contributed by atoms with van der Waals surface area (Å²) in [6.07, 6.45) is 0. The number of hydrogen-bond acceptors (Lipinski definition) is 6. The molecule has 0 fully saturated rings. The number of phenols is 1. The smallest absolute Gasteiger partial charge is 0.342 e. The van der Waals surface area contributed by atoms with E-state index in [1.165, 1.54) is 19.1 Å². The summed E-state index contributed by atoms with van der Waals surface area (Å²) in [4.78, 5) is 23.8. The fourth-order valence-electron chi connectivity index (χ4n) is 2.04. The van der Waals surface area contributed by atoms with Crippen LogP contribution in [-0.2, 0) is 9.53 Å². The number of ether oxygens (including phenoxy) is 1. The number of nitrogens with zero attached hydrogens (tertiary/aromatic N) is 1. The van der Waals surface area contributed by atoms with Crippen molar-refractivity contribution in [2.75, 3.05) is 6.61 Å². The van der Waals surface area contributed by atoms with Gasteiger partial charge in [-0.2, -0.15) is 5.26 Å². The summed E-state index contributed by atoms with van der Waals surface area (Å²) in [7, 11) is 0. The normalized spacial score (nSPS) is 11.5. The van der Waals surface area contributed by atoms with E-state index in [-0.39, 0.29) is 22.6 Å². The van der Waals surface area contributed by atoms with Crippen LogP contribution in [0.2, 0.25) is 0 Å². The Balaban J connectivity index is 2.19. The number of esters is 1. The van der Waals surface area contributed by atoms with Crippen molar-refractivity contribution in [2.45, 2.75) is 6.92 Å². The van der Waals surface area contributed by atoms with Gasteiger partial charge in [0.2, 0.25) is 5.78 Å². The lowest BCUT2D eigenvalue weighted by molar-refractivity contribution is -0.118. The third-order valence-corrected chi connectivity index (χ3v) is 3.20. The van der Waals surface area contributed by atoms with Crippen LogP contribution in [0.1, 0.15) is 17.3 Å². The predicted molar refractivity (Wildman–Crippen MR) is 83.4 cm³/mol. The highest BCUT2D eigenvalue weighted by molar-refractivity contribution is 6.03. The number of allylic oxidation sites excluding steroid dienone is 1. The van der Waals surface area contributed by atoms with Crippen LogP contribution in [0.5, 0.6) is 5.75 Å². The zero-order valence-corrected chi connectivity index (χ0v) is 12.4. The first-order valence-corrected chi connectivity index (χ1v) is 6.72. The molecule has 0 aliphatic heterocycles. The minimum absolute atomic E-state index is 0.0524. The summed E-state index contributed by atoms with van der Waals surface area (Å²) < 4.78 is 4.86. The molecule has 0 aliphatic carbocycles. The van der Waals surface area contributed by atoms with Gasteiger partial charge in [-0.15, -0.1) is 0 Å². The number of carbonyl (C=O) groups is 2. The molecule has 23 heavy (non-hydrogen) atoms. The summed E-state index contributed by atoms with van der Waals surface area (Å²) in [6.45, 7) is 0.788. The van der Waals surface area contributed by atoms with Gasteiger partial charge in [0, 0.05) is 5.70 Å². The quantitative estimate of drug-likeness (QED) is 0.507. The topological polar surface area (TPSA) is 113 Å². The Labute approximate surface area is 132 Å². The standard InChI is InChI=1S/C17H14N2O4/c1-10(19)14(8-18)16(21)9-23-17(22)13-6-11-4-2-3-5-12(11)7-15(13)20/h2-7,20H,9,19H2,1H3/b14-10-. The Morgan fingerprint density at radius 3 is 2.43 bits per heavy atom. The molecule has 0 spiro atoms. The highest BCUT2D eigenvalue weighted by Crippen LogP contribution is 2.25. The number of carbonyl (C=O) groups excluding carboxylic acids is 2. The fourth-order valence-corrected chi connectivity index (χ4v) is 2.04. The number of rotatable bonds is 4. The Bertz CT molecular complexity index is 859. The molecule has 116 valence electrons. The maximum atomic E-state index is 12.0. The first-order valence-electron chi connectivity index (χ1n) is 6.72. The number of Topliss-reactive ketones (excluding diaryl/α,β-unsaturated/α-hetero) is 1. The highest BCUT2D eigenvalue weighted by atomic mass is 16.5. The number of nitrogens with two attached hydrogens (primary N) is 1. The van der Waals surface area contributed by atoms with Gasteiger partial charge < -0.3 is 15.6 Å². The average Bonchev–Trinajstić information content (AvgIpc) is 2.52. The van der Waals surface area contributed by atoms with Crippen LogP contribution in [0.15, 0.2) is 47.7 Å². The summed E-state index contributed by atoms with van der Waals surface area (Å²) >= 11 is 0. The minimum atomic E-state index is -0.853. The number of fused-ring (bicyclic) bond motifs is 1. The molecule has 0 radical (unpaired) electrons. The Hall–Kier alpha value is -3.33. The molecule has 0 aliphatic rings. The lowest BCUT2D eigenvalue weighted by atomic mass is 10.1. The first kappa shape index (κ1) is 16.0. The van der Waals surface area contributed by atoms with Gasteiger partial charge in [-0.25, -0.2) is 4.79 Å². The van der Waals surface area contributed by atoms with Gasteiger partial charge in [0.05, 0.1) is 0 Å². The second-order valence-corrected chi connectivity index (χ2v) is 4.89. The molecule has 6 nitrogen and oxygen atoms in total. The lowest BCUT2D eigenvalue weighted by Gasteiger charge is -2.07. The van der Waals surface area contributed by atoms with Crippen LogP contribution in [0, 0.1) is 11.3 Å². The Kier molecular flexibility index (Phi) is 4.62. The molecule has 6 heteroatoms. The maximum Gasteiger partial charge on any atom is 0.342 e. The van der Waals surface area contributed by atoms with Crippen LogP contribution < -0.4 is 5.73 Å². The number of aromatic hydroxyl groups is 1. The second kappa shape index (κ2) is 6.62. The van der Waals surface area contributed by atoms with E-state index in [1.807, 2.05) is 6.07 Å². The monoisotopic (exact) mass is 310 g/mol. The van der Waals surface area contributed by atoms with Gasteiger partial charge >= 0.3 is 5.97 Å². The van der Waals surface area contributed by atoms with E-state index in [4.69, 9.17) is 15.7 Å². The van der Waals surface area contributed by atoms with Crippen molar-refractivity contribution in [2.24, 2.45) is 5.73 Å². The van der Waals surface area contributed by atoms with Gasteiger partial charge in [-0.1, -0.05) is 24.3 Å². The summed E-state index contributed by atoms with van der Waals surface area (Å²) in [5, 5.41) is 20.3. The highest BCUT2D eigenvalue weighted by Gasteiger charge is 2.18. The lowest BCUT2D eigenvalue weighted by Crippen LogP contribution is -2.17. The number of hydrogen-bond donors (Lipinski definition) is 2. The molecular formula is C17H14N2O4. The summed E-state index contributed by atoms with van der Waals surface area (Å²) in [6, 6.07) is 11.8. The number of benzene rings is 2. The van der Waals surface area contributed by atoms with Crippen molar-refractivity contribution >= 4 is 22.5 Å². The van der Waals surface area contributed by atoms with E-state index in [0.717, 1.165) is 10.8 Å². The van der Waals surface area contributed by atoms with E-state index < -0.39 is 18.4 Å². The molecular weight excluding hydrogens is 296 g/mol. The summed E-state index contributed by atoms with van der Waals surface area (Å²) in [5.41, 5.74) is 5.16. The minimum Gasteiger partial charge on any atom is -0.507 e. The van der Waals surface area contributed by atoms with Crippen molar-refractivity contribution in [1.82, 2.24) is 0 Å². The van der Waals surface area contributed by atoms with Crippen molar-refractivity contribution in [3.05, 3.63) is 53.2 Å². The van der Waals surface area contributed by atoms with Crippen molar-refractivity contribution in [3.63, 3.8) is 0 Å². The zero-order chi connectivity index (χ0) is 17.0. The molecule has 0 unspecified atom stereocenters. The van der Waals surface area contributed by atoms with Crippen LogP contribution in [0.3, 0.4) is 0 Å². The molecule has 0 heterocycles. The van der Waals surface area contributed by atoms with Gasteiger partial charge in [-0.05, 0) is 29.8 Å². The van der Waals surface area contributed by atoms with Crippen LogP contribution in [0.25, 0.3) is 10.8 Å². The third kappa shape index (κ3) is 3.47. The Morgan fingerprint density at radius 1 is 1.26 bits per heavy atom. The number of phenolic OH excluding ortho intramolecular Hbond substituents is 1. The van der Waals surface area contributed by atoms with Crippen LogP contribution >= 0.6 is 0 Å². The van der Waals surface area contributed by atoms with Crippen molar-refractivity contribution in [1.29, 1.82) is 5.26 Å². The number of nitriles is 1. The SMILES string of the molecule is C/C(N)=C(\C#N)C(=O)COC(=O)c1cc2ccccc2cc1O. The third-order valence-electron chi connectivity index (χ3n) is 3.20. The predicted octanol–water partition coefficient (Wildman–Crippen LogP) is 2.03. The van der Waals surface area contributed by atoms with Crippen molar-refractivity contribution in [3.8, 4) is 11.8 Å². The molecule has 2 rings (SSSR count). The molecule has 0 atom stereocenters. The van der Waals surface area contributed by atoms with E-state index in [2.05, 4.69) is 0 Å². The van der Waals surface area contributed by atoms with Gasteiger partial charge in [0.15, 0.2) is 6.61 Å². The molecule has 0 saturated carbocycles. The van der Waals surface area contributed by atoms with E-state index >= 15 is 0 Å². The molecule has 3 N–H and O–H groups in total. The molecule has 0 bridgehead atoms. The zero-order valence-electron chi connectivity index (χ0n) is 12.4.